The molecule has 1 aromatic carbocycles. The van der Waals surface area contributed by atoms with E-state index in [9.17, 15) is 13.2 Å². The minimum absolute atomic E-state index is 0.0828. The summed E-state index contributed by atoms with van der Waals surface area (Å²) in [6, 6.07) is 6.68. The van der Waals surface area contributed by atoms with Crippen LogP contribution in [0.5, 0.6) is 0 Å². The third kappa shape index (κ3) is 2.65. The highest BCUT2D eigenvalue weighted by molar-refractivity contribution is 14.1. The van der Waals surface area contributed by atoms with Crippen LogP contribution < -0.4 is 0 Å². The van der Waals surface area contributed by atoms with Gasteiger partial charge in [0.25, 0.3) is 0 Å². The third-order valence-electron chi connectivity index (χ3n) is 2.12. The number of benzene rings is 1. The van der Waals surface area contributed by atoms with Crippen LogP contribution in [0.3, 0.4) is 0 Å². The minimum atomic E-state index is -4.44. The fraction of sp³-hybridized carbons (Fsp3) is 0.100. The Morgan fingerprint density at radius 2 is 2.00 bits per heavy atom. The second kappa shape index (κ2) is 4.60. The zero-order valence-corrected chi connectivity index (χ0v) is 11.9. The van der Waals surface area contributed by atoms with Crippen LogP contribution in [-0.4, -0.2) is 10.2 Å². The lowest BCUT2D eigenvalue weighted by molar-refractivity contribution is -0.140. The van der Waals surface area contributed by atoms with Crippen molar-refractivity contribution in [3.05, 3.63) is 38.1 Å². The molecule has 2 nitrogen and oxygen atoms in total. The van der Waals surface area contributed by atoms with Crippen molar-refractivity contribution in [2.24, 2.45) is 0 Å². The van der Waals surface area contributed by atoms with Gasteiger partial charge >= 0.3 is 6.18 Å². The lowest BCUT2D eigenvalue weighted by atomic mass is 10.1. The number of H-pyrrole nitrogens is 1. The summed E-state index contributed by atoms with van der Waals surface area (Å²) in [5.41, 5.74) is -0.260. The molecule has 0 fully saturated rings. The van der Waals surface area contributed by atoms with E-state index in [4.69, 9.17) is 0 Å². The minimum Gasteiger partial charge on any atom is -0.272 e. The quantitative estimate of drug-likeness (QED) is 0.683. The number of alkyl halides is 3. The first-order chi connectivity index (χ1) is 7.89. The Morgan fingerprint density at radius 3 is 2.59 bits per heavy atom. The highest BCUT2D eigenvalue weighted by atomic mass is 127. The van der Waals surface area contributed by atoms with Crippen molar-refractivity contribution in [1.82, 2.24) is 10.2 Å². The predicted octanol–water partition coefficient (Wildman–Crippen LogP) is 4.46. The van der Waals surface area contributed by atoms with Crippen molar-refractivity contribution in [2.45, 2.75) is 6.18 Å². The lowest BCUT2D eigenvalue weighted by Gasteiger charge is -2.07. The first kappa shape index (κ1) is 12.9. The zero-order chi connectivity index (χ0) is 12.6. The van der Waals surface area contributed by atoms with Crippen LogP contribution in [-0.2, 0) is 6.18 Å². The van der Waals surface area contributed by atoms with Gasteiger partial charge in [-0.2, -0.15) is 18.3 Å². The van der Waals surface area contributed by atoms with Crippen LogP contribution in [0.25, 0.3) is 11.1 Å². The molecule has 1 aromatic heterocycles. The SMILES string of the molecule is FC(F)(F)c1[nH]nc(I)c1-c1cccc(Br)c1. The van der Waals surface area contributed by atoms with E-state index in [1.165, 1.54) is 0 Å². The van der Waals surface area contributed by atoms with Gasteiger partial charge in [0.05, 0.1) is 0 Å². The molecule has 0 aliphatic heterocycles. The molecule has 1 N–H and O–H groups in total. The largest absolute Gasteiger partial charge is 0.433 e. The molecule has 0 aliphatic rings. The molecule has 2 aromatic rings. The van der Waals surface area contributed by atoms with Crippen LogP contribution in [0.2, 0.25) is 0 Å². The number of rotatable bonds is 1. The fourth-order valence-electron chi connectivity index (χ4n) is 1.43. The Labute approximate surface area is 117 Å². The van der Waals surface area contributed by atoms with Gasteiger partial charge in [0.2, 0.25) is 0 Å². The first-order valence-corrected chi connectivity index (χ1v) is 6.34. The van der Waals surface area contributed by atoms with Crippen molar-refractivity contribution in [3.63, 3.8) is 0 Å². The Bertz CT molecular complexity index is 551. The van der Waals surface area contributed by atoms with Crippen molar-refractivity contribution >= 4 is 38.5 Å². The van der Waals surface area contributed by atoms with E-state index < -0.39 is 11.9 Å². The average Bonchev–Trinajstić information content (AvgIpc) is 2.59. The summed E-state index contributed by atoms with van der Waals surface area (Å²) in [6.45, 7) is 0. The van der Waals surface area contributed by atoms with Gasteiger partial charge < -0.3 is 0 Å². The predicted molar refractivity (Wildman–Crippen MR) is 69.4 cm³/mol. The topological polar surface area (TPSA) is 28.7 Å². The summed E-state index contributed by atoms with van der Waals surface area (Å²) in [5, 5.41) is 5.65. The molecule has 0 saturated heterocycles. The lowest BCUT2D eigenvalue weighted by Crippen LogP contribution is -2.07. The maximum atomic E-state index is 12.8. The molecule has 0 amide bonds. The Balaban J connectivity index is 2.63. The number of aromatic amines is 1. The molecule has 2 rings (SSSR count). The van der Waals surface area contributed by atoms with Gasteiger partial charge in [-0.15, -0.1) is 0 Å². The third-order valence-corrected chi connectivity index (χ3v) is 3.39. The molecule has 0 atom stereocenters. The van der Waals surface area contributed by atoms with Crippen molar-refractivity contribution < 1.29 is 13.2 Å². The Morgan fingerprint density at radius 1 is 1.29 bits per heavy atom. The number of nitrogens with zero attached hydrogens (tertiary/aromatic N) is 1. The van der Waals surface area contributed by atoms with E-state index >= 15 is 0 Å². The van der Waals surface area contributed by atoms with Crippen LogP contribution in [0.1, 0.15) is 5.69 Å². The van der Waals surface area contributed by atoms with Gasteiger partial charge in [-0.1, -0.05) is 28.1 Å². The molecular formula is C10H5BrF3IN2. The van der Waals surface area contributed by atoms with Crippen molar-refractivity contribution in [3.8, 4) is 11.1 Å². The molecule has 0 spiro atoms. The Kier molecular flexibility index (Phi) is 3.48. The molecule has 0 unspecified atom stereocenters. The smallest absolute Gasteiger partial charge is 0.272 e. The maximum Gasteiger partial charge on any atom is 0.433 e. The highest BCUT2D eigenvalue weighted by Crippen LogP contribution is 2.38. The second-order valence-electron chi connectivity index (χ2n) is 3.27. The Hall–Kier alpha value is -0.570. The van der Waals surface area contributed by atoms with E-state index in [0.29, 0.717) is 9.26 Å². The number of hydrogen-bond acceptors (Lipinski definition) is 1. The van der Waals surface area contributed by atoms with Gasteiger partial charge in [-0.3, -0.25) is 5.10 Å². The van der Waals surface area contributed by atoms with Crippen LogP contribution >= 0.6 is 38.5 Å². The number of halogens is 5. The average molecular weight is 417 g/mol. The van der Waals surface area contributed by atoms with Gasteiger partial charge in [0.15, 0.2) is 0 Å². The van der Waals surface area contributed by atoms with E-state index in [1.54, 1.807) is 46.9 Å². The normalized spacial score (nSPS) is 11.8. The first-order valence-electron chi connectivity index (χ1n) is 4.46. The van der Waals surface area contributed by atoms with Crippen molar-refractivity contribution in [1.29, 1.82) is 0 Å². The van der Waals surface area contributed by atoms with Gasteiger partial charge in [-0.25, -0.2) is 0 Å². The molecular weight excluding hydrogens is 412 g/mol. The number of hydrogen-bond donors (Lipinski definition) is 1. The van der Waals surface area contributed by atoms with Crippen LogP contribution in [0.4, 0.5) is 13.2 Å². The van der Waals surface area contributed by atoms with E-state index in [2.05, 4.69) is 21.0 Å². The van der Waals surface area contributed by atoms with Crippen molar-refractivity contribution in [2.75, 3.05) is 0 Å². The van der Waals surface area contributed by atoms with Crippen LogP contribution in [0, 0.1) is 3.70 Å². The molecule has 7 heteroatoms. The molecule has 0 saturated carbocycles. The van der Waals surface area contributed by atoms with Gasteiger partial charge in [0.1, 0.15) is 9.39 Å². The second-order valence-corrected chi connectivity index (χ2v) is 5.21. The van der Waals surface area contributed by atoms with Gasteiger partial charge in [-0.05, 0) is 40.3 Å². The number of aromatic nitrogens is 2. The molecule has 0 radical (unpaired) electrons. The summed E-state index contributed by atoms with van der Waals surface area (Å²) in [4.78, 5) is 0. The van der Waals surface area contributed by atoms with Gasteiger partial charge in [0, 0.05) is 10.0 Å². The maximum absolute atomic E-state index is 12.8. The highest BCUT2D eigenvalue weighted by Gasteiger charge is 2.37. The molecule has 90 valence electrons. The zero-order valence-electron chi connectivity index (χ0n) is 8.15. The summed E-state index contributed by atoms with van der Waals surface area (Å²) in [6.07, 6.45) is -4.44. The molecule has 0 bridgehead atoms. The summed E-state index contributed by atoms with van der Waals surface area (Å²) in [7, 11) is 0. The monoisotopic (exact) mass is 416 g/mol. The summed E-state index contributed by atoms with van der Waals surface area (Å²) < 4.78 is 39.3. The summed E-state index contributed by atoms with van der Waals surface area (Å²) in [5.74, 6) is 0. The van der Waals surface area contributed by atoms with E-state index in [-0.39, 0.29) is 5.56 Å². The molecule has 17 heavy (non-hydrogen) atoms. The summed E-state index contributed by atoms with van der Waals surface area (Å²) >= 11 is 5.01. The standard InChI is InChI=1S/C10H5BrF3IN2/c11-6-3-1-2-5(4-6)7-8(10(12,13)14)16-17-9(7)15/h1-4H,(H,16,17). The molecule has 0 aliphatic carbocycles. The van der Waals surface area contributed by atoms with E-state index in [1.807, 2.05) is 5.10 Å². The van der Waals surface area contributed by atoms with Crippen LogP contribution in [0.15, 0.2) is 28.7 Å². The fourth-order valence-corrected chi connectivity index (χ4v) is 2.53. The number of nitrogens with one attached hydrogen (secondary N) is 1. The molecule has 1 heterocycles. The van der Waals surface area contributed by atoms with E-state index in [0.717, 1.165) is 4.47 Å².